The van der Waals surface area contributed by atoms with E-state index in [4.69, 9.17) is 0 Å². The smallest absolute Gasteiger partial charge is 0.241 e. The van der Waals surface area contributed by atoms with Gasteiger partial charge < -0.3 is 14.7 Å². The van der Waals surface area contributed by atoms with Gasteiger partial charge in [0.1, 0.15) is 0 Å². The minimum atomic E-state index is -0.0112. The van der Waals surface area contributed by atoms with Gasteiger partial charge in [0, 0.05) is 51.2 Å². The molecule has 9 aromatic carbocycles. The molecule has 0 amide bonds. The van der Waals surface area contributed by atoms with Crippen LogP contribution in [0.25, 0.3) is 0 Å². The van der Waals surface area contributed by atoms with Gasteiger partial charge in [0.25, 0.3) is 0 Å². The summed E-state index contributed by atoms with van der Waals surface area (Å²) in [6, 6.07) is 90.7. The first kappa shape index (κ1) is 36.1. The molecule has 0 fully saturated rings. The fourth-order valence-electron chi connectivity index (χ4n) is 7.83. The molecule has 0 radical (unpaired) electrons. The maximum absolute atomic E-state index is 2.31. The minimum absolute atomic E-state index is 0.0112. The van der Waals surface area contributed by atoms with Gasteiger partial charge >= 0.3 is 0 Å². The average molecular weight is 744 g/mol. The van der Waals surface area contributed by atoms with E-state index in [2.05, 4.69) is 269 Å². The normalized spacial score (nSPS) is 10.8. The van der Waals surface area contributed by atoms with Crippen LogP contribution in [0.5, 0.6) is 0 Å². The first-order chi connectivity index (χ1) is 28.8. The molecule has 0 aliphatic rings. The summed E-state index contributed by atoms with van der Waals surface area (Å²) in [5.74, 6) is 0. The molecule has 0 spiro atoms. The summed E-state index contributed by atoms with van der Waals surface area (Å²) in [4.78, 5) is 6.93. The Morgan fingerprint density at radius 3 is 0.500 bits per heavy atom. The Labute approximate surface area is 342 Å². The number of rotatable bonds is 12. The Morgan fingerprint density at radius 1 is 0.172 bits per heavy atom. The zero-order valence-electron chi connectivity index (χ0n) is 32.2. The largest absolute Gasteiger partial charge is 0.311 e. The molecule has 9 rings (SSSR count). The number of hydrogen-bond acceptors (Lipinski definition) is 3. The van der Waals surface area contributed by atoms with Crippen LogP contribution in [-0.4, -0.2) is 6.71 Å². The Hall–Kier alpha value is -7.56. The number of anilines is 9. The Kier molecular flexibility index (Phi) is 10.6. The quantitative estimate of drug-likeness (QED) is 0.115. The number of nitrogens with zero attached hydrogens (tertiary/aromatic N) is 3. The predicted octanol–water partition coefficient (Wildman–Crippen LogP) is 12.6. The Morgan fingerprint density at radius 2 is 0.328 bits per heavy atom. The summed E-state index contributed by atoms with van der Waals surface area (Å²) in [5.41, 5.74) is 13.7. The Bertz CT molecular complexity index is 2210. The van der Waals surface area contributed by atoms with Gasteiger partial charge in [0.15, 0.2) is 0 Å². The van der Waals surface area contributed by atoms with Gasteiger partial charge in [-0.15, -0.1) is 0 Å². The molecule has 0 atom stereocenters. The number of benzene rings is 9. The second-order valence-electron chi connectivity index (χ2n) is 14.2. The van der Waals surface area contributed by atoms with Crippen LogP contribution in [0.4, 0.5) is 51.2 Å². The zero-order valence-corrected chi connectivity index (χ0v) is 32.2. The summed E-state index contributed by atoms with van der Waals surface area (Å²) >= 11 is 0. The highest BCUT2D eigenvalue weighted by molar-refractivity contribution is 6.95. The first-order valence-corrected chi connectivity index (χ1v) is 19.8. The van der Waals surface area contributed by atoms with Crippen molar-refractivity contribution in [3.05, 3.63) is 255 Å². The fraction of sp³-hybridized carbons (Fsp3) is 0. The van der Waals surface area contributed by atoms with Gasteiger partial charge in [0.05, 0.1) is 0 Å². The lowest BCUT2D eigenvalue weighted by molar-refractivity contribution is 1.28. The van der Waals surface area contributed by atoms with Crippen molar-refractivity contribution in [2.45, 2.75) is 0 Å². The van der Waals surface area contributed by atoms with Crippen molar-refractivity contribution in [1.82, 2.24) is 0 Å². The van der Waals surface area contributed by atoms with Crippen molar-refractivity contribution >= 4 is 74.3 Å². The van der Waals surface area contributed by atoms with Crippen LogP contribution in [0.3, 0.4) is 0 Å². The van der Waals surface area contributed by atoms with Crippen molar-refractivity contribution < 1.29 is 0 Å². The predicted molar refractivity (Wildman–Crippen MR) is 248 cm³/mol. The molecule has 4 heteroatoms. The van der Waals surface area contributed by atoms with E-state index in [-0.39, 0.29) is 6.71 Å². The van der Waals surface area contributed by atoms with E-state index < -0.39 is 0 Å². The second-order valence-corrected chi connectivity index (χ2v) is 14.2. The molecule has 0 N–H and O–H groups in total. The highest BCUT2D eigenvalue weighted by Gasteiger charge is 2.24. The average Bonchev–Trinajstić information content (AvgIpc) is 3.30. The molecule has 0 saturated carbocycles. The molecule has 0 aromatic heterocycles. The summed E-state index contributed by atoms with van der Waals surface area (Å²) in [6.45, 7) is -0.0112. The highest BCUT2D eigenvalue weighted by Crippen LogP contribution is 2.36. The number of para-hydroxylation sites is 6. The molecular weight excluding hydrogens is 701 g/mol. The molecule has 0 aliphatic heterocycles. The molecule has 3 nitrogen and oxygen atoms in total. The minimum Gasteiger partial charge on any atom is -0.311 e. The third-order valence-electron chi connectivity index (χ3n) is 10.5. The van der Waals surface area contributed by atoms with E-state index in [1.165, 1.54) is 16.4 Å². The van der Waals surface area contributed by atoms with Crippen LogP contribution >= 0.6 is 0 Å². The van der Waals surface area contributed by atoms with Gasteiger partial charge in [0.2, 0.25) is 6.71 Å². The van der Waals surface area contributed by atoms with Crippen molar-refractivity contribution in [1.29, 1.82) is 0 Å². The standard InChI is InChI=1S/C54H42BN3/c1-7-19-46(20-8-1)56(47-21-9-2-10-22-47)52-37-31-43(32-38-52)55(44-33-39-53(40-34-44)57(48-23-11-3-12-24-48)49-25-13-4-14-26-49)45-35-41-54(42-36-45)58(50-27-15-5-16-28-50)51-29-17-6-18-30-51/h1-42H. The molecule has 0 heterocycles. The fourth-order valence-corrected chi connectivity index (χ4v) is 7.83. The van der Waals surface area contributed by atoms with E-state index in [1.54, 1.807) is 0 Å². The van der Waals surface area contributed by atoms with Crippen LogP contribution < -0.4 is 31.1 Å². The lowest BCUT2D eigenvalue weighted by atomic mass is 9.37. The maximum Gasteiger partial charge on any atom is 0.241 e. The van der Waals surface area contributed by atoms with Crippen molar-refractivity contribution in [3.8, 4) is 0 Å². The topological polar surface area (TPSA) is 9.72 Å². The first-order valence-electron chi connectivity index (χ1n) is 19.8. The van der Waals surface area contributed by atoms with Crippen LogP contribution in [0, 0.1) is 0 Å². The van der Waals surface area contributed by atoms with E-state index in [9.17, 15) is 0 Å². The van der Waals surface area contributed by atoms with E-state index >= 15 is 0 Å². The van der Waals surface area contributed by atoms with Crippen molar-refractivity contribution in [2.24, 2.45) is 0 Å². The van der Waals surface area contributed by atoms with Crippen LogP contribution in [0.15, 0.2) is 255 Å². The highest BCUT2D eigenvalue weighted by atomic mass is 15.2. The third kappa shape index (κ3) is 7.77. The maximum atomic E-state index is 2.31. The van der Waals surface area contributed by atoms with Gasteiger partial charge in [-0.3, -0.25) is 0 Å². The SMILES string of the molecule is c1ccc(N(c2ccccc2)c2ccc(B(c3ccc(N(c4ccccc4)c4ccccc4)cc3)c3ccc(N(c4ccccc4)c4ccccc4)cc3)cc2)cc1. The second kappa shape index (κ2) is 17.1. The molecule has 0 bridgehead atoms. The Balaban J connectivity index is 1.13. The van der Waals surface area contributed by atoms with Crippen LogP contribution in [0.2, 0.25) is 0 Å². The molecule has 276 valence electrons. The van der Waals surface area contributed by atoms with E-state index in [1.807, 2.05) is 0 Å². The lowest BCUT2D eigenvalue weighted by Gasteiger charge is -2.27. The van der Waals surface area contributed by atoms with E-state index in [0.29, 0.717) is 0 Å². The van der Waals surface area contributed by atoms with Gasteiger partial charge in [-0.05, 0) is 109 Å². The molecule has 0 aliphatic carbocycles. The van der Waals surface area contributed by atoms with Crippen molar-refractivity contribution in [2.75, 3.05) is 14.7 Å². The molecular formula is C54H42BN3. The van der Waals surface area contributed by atoms with Gasteiger partial charge in [-0.25, -0.2) is 0 Å². The molecule has 9 aromatic rings. The van der Waals surface area contributed by atoms with Gasteiger partial charge in [-0.2, -0.15) is 0 Å². The third-order valence-corrected chi connectivity index (χ3v) is 10.5. The van der Waals surface area contributed by atoms with Crippen LogP contribution in [0.1, 0.15) is 0 Å². The zero-order chi connectivity index (χ0) is 38.9. The summed E-state index contributed by atoms with van der Waals surface area (Å²) in [7, 11) is 0. The molecule has 0 unspecified atom stereocenters. The summed E-state index contributed by atoms with van der Waals surface area (Å²) in [6.07, 6.45) is 0. The number of hydrogen-bond donors (Lipinski definition) is 0. The van der Waals surface area contributed by atoms with Crippen molar-refractivity contribution in [3.63, 3.8) is 0 Å². The lowest BCUT2D eigenvalue weighted by Crippen LogP contribution is -2.51. The molecule has 58 heavy (non-hydrogen) atoms. The van der Waals surface area contributed by atoms with Gasteiger partial charge in [-0.1, -0.05) is 162 Å². The summed E-state index contributed by atoms with van der Waals surface area (Å²) < 4.78 is 0. The summed E-state index contributed by atoms with van der Waals surface area (Å²) in [5, 5.41) is 0. The monoisotopic (exact) mass is 743 g/mol. The molecule has 0 saturated heterocycles. The van der Waals surface area contributed by atoms with Crippen LogP contribution in [-0.2, 0) is 0 Å². The van der Waals surface area contributed by atoms with E-state index in [0.717, 1.165) is 51.2 Å².